The number of rotatable bonds is 4. The number of hydrogen-bond acceptors (Lipinski definition) is 2. The van der Waals surface area contributed by atoms with Gasteiger partial charge in [-0.25, -0.2) is 0 Å². The average Bonchev–Trinajstić information content (AvgIpc) is 2.96. The normalized spacial score (nSPS) is 20.9. The van der Waals surface area contributed by atoms with Crippen LogP contribution in [-0.2, 0) is 4.79 Å². The first-order valence-corrected chi connectivity index (χ1v) is 7.78. The van der Waals surface area contributed by atoms with Gasteiger partial charge in [-0.2, -0.15) is 0 Å². The fourth-order valence-electron chi connectivity index (χ4n) is 3.18. The fourth-order valence-corrected chi connectivity index (χ4v) is 3.18. The Balaban J connectivity index is 1.60. The molecule has 2 aromatic carbocycles. The van der Waals surface area contributed by atoms with Crippen LogP contribution in [0.4, 0.5) is 0 Å². The molecule has 1 saturated heterocycles. The van der Waals surface area contributed by atoms with Gasteiger partial charge in [0.1, 0.15) is 5.75 Å². The van der Waals surface area contributed by atoms with Crippen LogP contribution in [0.25, 0.3) is 0 Å². The second-order valence-electron chi connectivity index (χ2n) is 5.74. The molecule has 2 aromatic rings. The number of carbonyl (C=O) groups excluding carboxylic acids is 1. The van der Waals surface area contributed by atoms with E-state index in [-0.39, 0.29) is 18.6 Å². The molecule has 0 saturated carbocycles. The molecule has 2 unspecified atom stereocenters. The molecule has 3 nitrogen and oxygen atoms in total. The van der Waals surface area contributed by atoms with Crippen LogP contribution in [0, 0.1) is 0 Å². The molecular weight excluding hydrogens is 274 g/mol. The van der Waals surface area contributed by atoms with Crippen molar-refractivity contribution in [3.63, 3.8) is 0 Å². The van der Waals surface area contributed by atoms with E-state index in [0.717, 1.165) is 18.7 Å². The summed E-state index contributed by atoms with van der Waals surface area (Å²) in [4.78, 5) is 14.4. The highest BCUT2D eigenvalue weighted by Crippen LogP contribution is 2.33. The molecule has 1 aliphatic heterocycles. The maximum atomic E-state index is 12.4. The number of ether oxygens (including phenoxy) is 1. The SMILES string of the molecule is CC1C(c2ccccc2)CCN1C(=O)COc1ccccc1. The van der Waals surface area contributed by atoms with Crippen LogP contribution in [0.2, 0.25) is 0 Å². The van der Waals surface area contributed by atoms with Crippen LogP contribution in [0.1, 0.15) is 24.8 Å². The number of likely N-dealkylation sites (tertiary alicyclic amines) is 1. The zero-order chi connectivity index (χ0) is 15.4. The summed E-state index contributed by atoms with van der Waals surface area (Å²) in [6.07, 6.45) is 1.02. The van der Waals surface area contributed by atoms with Gasteiger partial charge in [0, 0.05) is 18.5 Å². The minimum absolute atomic E-state index is 0.0646. The van der Waals surface area contributed by atoms with Gasteiger partial charge in [0.25, 0.3) is 5.91 Å². The van der Waals surface area contributed by atoms with Gasteiger partial charge in [-0.15, -0.1) is 0 Å². The summed E-state index contributed by atoms with van der Waals surface area (Å²) in [7, 11) is 0. The van der Waals surface area contributed by atoms with E-state index in [9.17, 15) is 4.79 Å². The smallest absolute Gasteiger partial charge is 0.260 e. The quantitative estimate of drug-likeness (QED) is 0.864. The highest BCUT2D eigenvalue weighted by atomic mass is 16.5. The summed E-state index contributed by atoms with van der Waals surface area (Å²) in [5.41, 5.74) is 1.31. The van der Waals surface area contributed by atoms with Gasteiger partial charge in [-0.3, -0.25) is 4.79 Å². The van der Waals surface area contributed by atoms with Gasteiger partial charge in [-0.1, -0.05) is 48.5 Å². The summed E-state index contributed by atoms with van der Waals surface area (Å²) in [6, 6.07) is 20.1. The van der Waals surface area contributed by atoms with E-state index in [1.54, 1.807) is 0 Å². The second-order valence-corrected chi connectivity index (χ2v) is 5.74. The van der Waals surface area contributed by atoms with E-state index in [1.807, 2.05) is 41.3 Å². The van der Waals surface area contributed by atoms with Gasteiger partial charge >= 0.3 is 0 Å². The zero-order valence-electron chi connectivity index (χ0n) is 12.8. The zero-order valence-corrected chi connectivity index (χ0v) is 12.8. The van der Waals surface area contributed by atoms with Crippen LogP contribution in [-0.4, -0.2) is 30.0 Å². The van der Waals surface area contributed by atoms with Gasteiger partial charge in [0.05, 0.1) is 0 Å². The van der Waals surface area contributed by atoms with Crippen LogP contribution in [0.15, 0.2) is 60.7 Å². The number of para-hydroxylation sites is 1. The first-order valence-electron chi connectivity index (χ1n) is 7.78. The molecule has 0 N–H and O–H groups in total. The lowest BCUT2D eigenvalue weighted by atomic mass is 9.93. The number of amides is 1. The Kier molecular flexibility index (Phi) is 4.42. The lowest BCUT2D eigenvalue weighted by Gasteiger charge is -2.25. The number of benzene rings is 2. The molecule has 114 valence electrons. The van der Waals surface area contributed by atoms with Gasteiger partial charge in [-0.05, 0) is 31.0 Å². The average molecular weight is 295 g/mol. The van der Waals surface area contributed by atoms with Crippen molar-refractivity contribution in [1.29, 1.82) is 0 Å². The highest BCUT2D eigenvalue weighted by molar-refractivity contribution is 5.78. The summed E-state index contributed by atoms with van der Waals surface area (Å²) < 4.78 is 5.58. The summed E-state index contributed by atoms with van der Waals surface area (Å²) in [5.74, 6) is 1.22. The lowest BCUT2D eigenvalue weighted by Crippen LogP contribution is -2.38. The van der Waals surface area contributed by atoms with Crippen molar-refractivity contribution in [2.75, 3.05) is 13.2 Å². The summed E-state index contributed by atoms with van der Waals surface area (Å²) in [5, 5.41) is 0. The molecule has 2 atom stereocenters. The van der Waals surface area contributed by atoms with E-state index in [2.05, 4.69) is 31.2 Å². The molecule has 0 aliphatic carbocycles. The van der Waals surface area contributed by atoms with Gasteiger partial charge in [0.15, 0.2) is 6.61 Å². The van der Waals surface area contributed by atoms with E-state index in [1.165, 1.54) is 5.56 Å². The molecule has 3 rings (SSSR count). The molecule has 0 radical (unpaired) electrons. The third-order valence-electron chi connectivity index (χ3n) is 4.41. The van der Waals surface area contributed by atoms with Crippen LogP contribution in [0.5, 0.6) is 5.75 Å². The van der Waals surface area contributed by atoms with Crippen molar-refractivity contribution in [1.82, 2.24) is 4.90 Å². The number of hydrogen-bond donors (Lipinski definition) is 0. The molecule has 1 aliphatic rings. The van der Waals surface area contributed by atoms with E-state index >= 15 is 0 Å². The van der Waals surface area contributed by atoms with Crippen molar-refractivity contribution in [3.05, 3.63) is 66.2 Å². The molecular formula is C19H21NO2. The Bertz CT molecular complexity index is 612. The summed E-state index contributed by atoms with van der Waals surface area (Å²) in [6.45, 7) is 3.04. The van der Waals surface area contributed by atoms with Crippen LogP contribution in [0.3, 0.4) is 0 Å². The molecule has 0 bridgehead atoms. The summed E-state index contributed by atoms with van der Waals surface area (Å²) >= 11 is 0. The molecule has 1 fully saturated rings. The number of nitrogens with zero attached hydrogens (tertiary/aromatic N) is 1. The monoisotopic (exact) mass is 295 g/mol. The van der Waals surface area contributed by atoms with Crippen molar-refractivity contribution in [2.24, 2.45) is 0 Å². The molecule has 1 amide bonds. The topological polar surface area (TPSA) is 29.5 Å². The van der Waals surface area contributed by atoms with Crippen molar-refractivity contribution in [2.45, 2.75) is 25.3 Å². The molecule has 3 heteroatoms. The molecule has 0 aromatic heterocycles. The van der Waals surface area contributed by atoms with Crippen molar-refractivity contribution in [3.8, 4) is 5.75 Å². The van der Waals surface area contributed by atoms with E-state index in [4.69, 9.17) is 4.74 Å². The third-order valence-corrected chi connectivity index (χ3v) is 4.41. The first kappa shape index (κ1) is 14.6. The van der Waals surface area contributed by atoms with Crippen LogP contribution >= 0.6 is 0 Å². The molecule has 22 heavy (non-hydrogen) atoms. The lowest BCUT2D eigenvalue weighted by molar-refractivity contribution is -0.134. The Morgan fingerprint density at radius 2 is 1.73 bits per heavy atom. The molecule has 1 heterocycles. The maximum absolute atomic E-state index is 12.4. The fraction of sp³-hybridized carbons (Fsp3) is 0.316. The largest absolute Gasteiger partial charge is 0.484 e. The minimum Gasteiger partial charge on any atom is -0.484 e. The Morgan fingerprint density at radius 1 is 1.09 bits per heavy atom. The van der Waals surface area contributed by atoms with E-state index in [0.29, 0.717) is 5.92 Å². The van der Waals surface area contributed by atoms with Crippen molar-refractivity contribution >= 4 is 5.91 Å². The Hall–Kier alpha value is -2.29. The molecule has 0 spiro atoms. The number of carbonyl (C=O) groups is 1. The first-order chi connectivity index (χ1) is 10.8. The highest BCUT2D eigenvalue weighted by Gasteiger charge is 2.34. The minimum atomic E-state index is 0.0646. The van der Waals surface area contributed by atoms with Crippen LogP contribution < -0.4 is 4.74 Å². The Labute approximate surface area is 131 Å². The second kappa shape index (κ2) is 6.65. The predicted molar refractivity (Wildman–Crippen MR) is 86.9 cm³/mol. The van der Waals surface area contributed by atoms with E-state index < -0.39 is 0 Å². The van der Waals surface area contributed by atoms with Crippen molar-refractivity contribution < 1.29 is 9.53 Å². The van der Waals surface area contributed by atoms with Gasteiger partial charge in [0.2, 0.25) is 0 Å². The standard InChI is InChI=1S/C19H21NO2/c1-15-18(16-8-4-2-5-9-16)12-13-20(15)19(21)14-22-17-10-6-3-7-11-17/h2-11,15,18H,12-14H2,1H3. The Morgan fingerprint density at radius 3 is 2.41 bits per heavy atom. The third kappa shape index (κ3) is 3.14. The maximum Gasteiger partial charge on any atom is 0.260 e. The van der Waals surface area contributed by atoms with Gasteiger partial charge < -0.3 is 9.64 Å². The predicted octanol–water partition coefficient (Wildman–Crippen LogP) is 3.47.